The van der Waals surface area contributed by atoms with E-state index in [0.29, 0.717) is 29.3 Å². The molecule has 0 spiro atoms. The number of carbonyl (C=O) groups is 1. The number of rotatable bonds is 7. The summed E-state index contributed by atoms with van der Waals surface area (Å²) in [6.07, 6.45) is -1.46. The van der Waals surface area contributed by atoms with Gasteiger partial charge in [-0.2, -0.15) is 0 Å². The smallest absolute Gasteiger partial charge is 0.332 e. The zero-order chi connectivity index (χ0) is 22.0. The summed E-state index contributed by atoms with van der Waals surface area (Å²) in [4.78, 5) is 30.2. The summed E-state index contributed by atoms with van der Waals surface area (Å²) in [5, 5.41) is 28.5. The van der Waals surface area contributed by atoms with Gasteiger partial charge in [0.05, 0.1) is 12.2 Å². The first-order valence-corrected chi connectivity index (χ1v) is 9.54. The first kappa shape index (κ1) is 20.2. The van der Waals surface area contributed by atoms with Crippen molar-refractivity contribution in [3.8, 4) is 28.3 Å². The van der Waals surface area contributed by atoms with Gasteiger partial charge in [0.25, 0.3) is 5.56 Å². The van der Waals surface area contributed by atoms with Crippen LogP contribution < -0.4 is 10.3 Å². The molecule has 2 aromatic heterocycles. The Hall–Kier alpha value is -4.05. The predicted octanol–water partition coefficient (Wildman–Crippen LogP) is 1.76. The molecule has 158 valence electrons. The van der Waals surface area contributed by atoms with E-state index >= 15 is 0 Å². The standard InChI is InChI=1S/C21H19N5O5/c1-2-31-16-10-13(12-5-3-4-11(8-12)9-15(27)21(29)30)6-7-14(16)18-22-19-17(20(28)23-18)24-26-25-19/h3-8,10,15,27H,2,9H2,1H3,(H,29,30)(H2,22,23,24,25,26,28). The maximum Gasteiger partial charge on any atom is 0.332 e. The molecule has 0 amide bonds. The van der Waals surface area contributed by atoms with E-state index in [4.69, 9.17) is 9.84 Å². The topological polar surface area (TPSA) is 154 Å². The number of aromatic nitrogens is 5. The van der Waals surface area contributed by atoms with Crippen LogP contribution in [0, 0.1) is 0 Å². The predicted molar refractivity (Wildman–Crippen MR) is 112 cm³/mol. The van der Waals surface area contributed by atoms with E-state index in [1.165, 1.54) is 0 Å². The van der Waals surface area contributed by atoms with Crippen molar-refractivity contribution in [1.82, 2.24) is 25.4 Å². The molecule has 0 aliphatic rings. The molecule has 2 heterocycles. The molecule has 4 aromatic rings. The number of hydrogen-bond acceptors (Lipinski definition) is 7. The minimum absolute atomic E-state index is 0.00294. The number of H-pyrrole nitrogens is 2. The molecule has 0 radical (unpaired) electrons. The van der Waals surface area contributed by atoms with E-state index in [1.54, 1.807) is 18.2 Å². The Morgan fingerprint density at radius 1 is 1.19 bits per heavy atom. The average molecular weight is 421 g/mol. The third kappa shape index (κ3) is 4.14. The molecule has 2 aromatic carbocycles. The van der Waals surface area contributed by atoms with E-state index in [1.807, 2.05) is 31.2 Å². The number of aliphatic carboxylic acids is 1. The number of fused-ring (bicyclic) bond motifs is 1. The Labute approximate surface area is 175 Å². The maximum absolute atomic E-state index is 12.2. The molecule has 0 aliphatic heterocycles. The van der Waals surface area contributed by atoms with Crippen LogP contribution in [0.4, 0.5) is 0 Å². The van der Waals surface area contributed by atoms with Crippen molar-refractivity contribution >= 4 is 17.1 Å². The van der Waals surface area contributed by atoms with Gasteiger partial charge >= 0.3 is 5.97 Å². The number of ether oxygens (including phenoxy) is 1. The van der Waals surface area contributed by atoms with Crippen LogP contribution >= 0.6 is 0 Å². The average Bonchev–Trinajstić information content (AvgIpc) is 3.23. The summed E-state index contributed by atoms with van der Waals surface area (Å²) in [6, 6.07) is 12.7. The highest BCUT2D eigenvalue weighted by Gasteiger charge is 2.16. The van der Waals surface area contributed by atoms with Crippen molar-refractivity contribution in [2.24, 2.45) is 0 Å². The van der Waals surface area contributed by atoms with E-state index < -0.39 is 17.6 Å². The number of carboxylic acids is 1. The fourth-order valence-electron chi connectivity index (χ4n) is 3.25. The molecule has 0 aliphatic carbocycles. The van der Waals surface area contributed by atoms with Gasteiger partial charge in [-0.25, -0.2) is 14.9 Å². The van der Waals surface area contributed by atoms with Crippen molar-refractivity contribution < 1.29 is 19.7 Å². The van der Waals surface area contributed by atoms with Gasteiger partial charge in [-0.15, -0.1) is 5.10 Å². The molecule has 0 saturated carbocycles. The Morgan fingerprint density at radius 3 is 2.77 bits per heavy atom. The Bertz CT molecular complexity index is 1310. The number of benzene rings is 2. The molecule has 1 atom stereocenters. The molecule has 1 unspecified atom stereocenters. The number of aliphatic hydroxyl groups excluding tert-OH is 1. The Balaban J connectivity index is 1.74. The van der Waals surface area contributed by atoms with Gasteiger partial charge in [-0.1, -0.05) is 35.5 Å². The summed E-state index contributed by atoms with van der Waals surface area (Å²) in [7, 11) is 0. The minimum atomic E-state index is -1.47. The van der Waals surface area contributed by atoms with Crippen LogP contribution in [0.1, 0.15) is 12.5 Å². The number of aromatic amines is 2. The lowest BCUT2D eigenvalue weighted by Crippen LogP contribution is -2.21. The van der Waals surface area contributed by atoms with Crippen molar-refractivity contribution in [2.45, 2.75) is 19.4 Å². The van der Waals surface area contributed by atoms with Crippen LogP contribution in [0.15, 0.2) is 47.3 Å². The van der Waals surface area contributed by atoms with Crippen LogP contribution in [-0.4, -0.2) is 54.3 Å². The maximum atomic E-state index is 12.2. The third-order valence-corrected chi connectivity index (χ3v) is 4.71. The van der Waals surface area contributed by atoms with E-state index in [2.05, 4.69) is 25.4 Å². The quantitative estimate of drug-likeness (QED) is 0.352. The first-order valence-electron chi connectivity index (χ1n) is 9.54. The Kier molecular flexibility index (Phi) is 5.46. The van der Waals surface area contributed by atoms with Crippen molar-refractivity contribution in [1.29, 1.82) is 0 Å². The van der Waals surface area contributed by atoms with Gasteiger partial charge in [-0.05, 0) is 35.7 Å². The number of nitrogens with zero attached hydrogens (tertiary/aromatic N) is 3. The lowest BCUT2D eigenvalue weighted by atomic mass is 9.98. The molecule has 4 rings (SSSR count). The van der Waals surface area contributed by atoms with Crippen LogP contribution in [0.25, 0.3) is 33.7 Å². The lowest BCUT2D eigenvalue weighted by molar-refractivity contribution is -0.146. The van der Waals surface area contributed by atoms with Gasteiger partial charge in [0.2, 0.25) is 0 Å². The highest BCUT2D eigenvalue weighted by Crippen LogP contribution is 2.33. The summed E-state index contributed by atoms with van der Waals surface area (Å²) in [5.41, 5.74) is 2.93. The van der Waals surface area contributed by atoms with Crippen LogP contribution in [0.5, 0.6) is 5.75 Å². The zero-order valence-corrected chi connectivity index (χ0v) is 16.5. The fourth-order valence-corrected chi connectivity index (χ4v) is 3.25. The molecule has 4 N–H and O–H groups in total. The monoisotopic (exact) mass is 421 g/mol. The highest BCUT2D eigenvalue weighted by atomic mass is 16.5. The third-order valence-electron chi connectivity index (χ3n) is 4.71. The van der Waals surface area contributed by atoms with Crippen molar-refractivity contribution in [3.63, 3.8) is 0 Å². The number of hydrogen-bond donors (Lipinski definition) is 4. The summed E-state index contributed by atoms with van der Waals surface area (Å²) in [6.45, 7) is 2.25. The molecular formula is C21H19N5O5. The van der Waals surface area contributed by atoms with Gasteiger partial charge in [0.15, 0.2) is 17.3 Å². The number of aliphatic hydroxyl groups is 1. The summed E-state index contributed by atoms with van der Waals surface area (Å²) in [5.74, 6) is -0.429. The van der Waals surface area contributed by atoms with Crippen LogP contribution in [0.3, 0.4) is 0 Å². The molecule has 0 saturated heterocycles. The summed E-state index contributed by atoms with van der Waals surface area (Å²) < 4.78 is 5.79. The highest BCUT2D eigenvalue weighted by molar-refractivity contribution is 5.77. The zero-order valence-electron chi connectivity index (χ0n) is 16.5. The second kappa shape index (κ2) is 8.36. The molecule has 10 nitrogen and oxygen atoms in total. The normalized spacial score (nSPS) is 12.1. The van der Waals surface area contributed by atoms with Gasteiger partial charge in [0, 0.05) is 6.42 Å². The molecule has 10 heteroatoms. The molecule has 31 heavy (non-hydrogen) atoms. The van der Waals surface area contributed by atoms with Gasteiger partial charge in [-0.3, -0.25) is 4.79 Å². The lowest BCUT2D eigenvalue weighted by Gasteiger charge is -2.13. The largest absolute Gasteiger partial charge is 0.493 e. The van der Waals surface area contributed by atoms with Gasteiger partial charge in [0.1, 0.15) is 11.6 Å². The first-order chi connectivity index (χ1) is 15.0. The number of nitrogens with one attached hydrogen (secondary N) is 2. The van der Waals surface area contributed by atoms with Crippen molar-refractivity contribution in [2.75, 3.05) is 6.61 Å². The van der Waals surface area contributed by atoms with Crippen LogP contribution in [0.2, 0.25) is 0 Å². The van der Waals surface area contributed by atoms with E-state index in [9.17, 15) is 14.7 Å². The fraction of sp³-hybridized carbons (Fsp3) is 0.190. The minimum Gasteiger partial charge on any atom is -0.493 e. The van der Waals surface area contributed by atoms with E-state index in [-0.39, 0.29) is 17.6 Å². The molecular weight excluding hydrogens is 402 g/mol. The second-order valence-corrected chi connectivity index (χ2v) is 6.83. The SMILES string of the molecule is CCOc1cc(-c2cccc(CC(O)C(=O)O)c2)ccc1-c1nc2[nH]nnc2c(=O)[nH]1. The van der Waals surface area contributed by atoms with Gasteiger partial charge < -0.3 is 19.9 Å². The van der Waals surface area contributed by atoms with Crippen molar-refractivity contribution in [3.05, 3.63) is 58.4 Å². The Morgan fingerprint density at radius 2 is 2.00 bits per heavy atom. The molecule has 0 bridgehead atoms. The van der Waals surface area contributed by atoms with Crippen LogP contribution in [-0.2, 0) is 11.2 Å². The van der Waals surface area contributed by atoms with E-state index in [0.717, 1.165) is 11.1 Å². The molecule has 0 fully saturated rings. The second-order valence-electron chi connectivity index (χ2n) is 6.83. The number of carboxylic acid groups (broad SMARTS) is 1. The summed E-state index contributed by atoms with van der Waals surface area (Å²) >= 11 is 0.